The van der Waals surface area contributed by atoms with Gasteiger partial charge in [0.2, 0.25) is 0 Å². The average molecular weight is 300 g/mol. The summed E-state index contributed by atoms with van der Waals surface area (Å²) >= 11 is 0. The molecule has 5 nitrogen and oxygen atoms in total. The molecule has 3 rings (SSSR count). The summed E-state index contributed by atoms with van der Waals surface area (Å²) in [7, 11) is 0. The molecule has 6 heteroatoms. The van der Waals surface area contributed by atoms with E-state index in [2.05, 4.69) is 10.3 Å². The number of halogens is 1. The van der Waals surface area contributed by atoms with Gasteiger partial charge in [-0.05, 0) is 29.7 Å². The third-order valence-electron chi connectivity index (χ3n) is 3.59. The van der Waals surface area contributed by atoms with Gasteiger partial charge in [0.1, 0.15) is 11.6 Å². The van der Waals surface area contributed by atoms with Crippen molar-refractivity contribution in [2.75, 3.05) is 6.54 Å². The molecule has 3 N–H and O–H groups in total. The molecule has 0 radical (unpaired) electrons. The number of amides is 1. The molecule has 0 unspecified atom stereocenters. The van der Waals surface area contributed by atoms with Crippen LogP contribution in [0.2, 0.25) is 0 Å². The molecule has 1 fully saturated rings. The summed E-state index contributed by atoms with van der Waals surface area (Å²) in [5, 5.41) is 12.7. The first-order chi connectivity index (χ1) is 10.6. The third-order valence-corrected chi connectivity index (χ3v) is 3.59. The Balaban J connectivity index is 1.92. The van der Waals surface area contributed by atoms with Gasteiger partial charge in [0.05, 0.1) is 12.1 Å². The van der Waals surface area contributed by atoms with Crippen molar-refractivity contribution in [2.24, 2.45) is 0 Å². The van der Waals surface area contributed by atoms with E-state index in [1.54, 1.807) is 24.5 Å². The van der Waals surface area contributed by atoms with Crippen LogP contribution in [0.1, 0.15) is 16.7 Å². The maximum absolute atomic E-state index is 12.9. The Morgan fingerprint density at radius 1 is 1.18 bits per heavy atom. The second kappa shape index (κ2) is 5.48. The van der Waals surface area contributed by atoms with E-state index in [-0.39, 0.29) is 23.7 Å². The lowest BCUT2D eigenvalue weighted by molar-refractivity contribution is -0.133. The molecule has 0 bridgehead atoms. The van der Waals surface area contributed by atoms with Crippen LogP contribution in [-0.4, -0.2) is 28.3 Å². The normalized spacial score (nSPS) is 16.8. The number of hydrogen-bond acceptors (Lipinski definition) is 3. The highest BCUT2D eigenvalue weighted by Crippen LogP contribution is 2.24. The summed E-state index contributed by atoms with van der Waals surface area (Å²) in [5.41, 5.74) is 2.14. The number of Topliss-reactive ketones (excluding diaryl/α,β-unsaturated/α-hetero) is 1. The van der Waals surface area contributed by atoms with Crippen LogP contribution in [0.15, 0.2) is 42.2 Å². The Hall–Kier alpha value is -2.89. The van der Waals surface area contributed by atoms with E-state index in [9.17, 15) is 19.1 Å². The average Bonchev–Trinajstić information content (AvgIpc) is 3.09. The molecule has 1 amide bonds. The van der Waals surface area contributed by atoms with Crippen molar-refractivity contribution < 1.29 is 19.1 Å². The minimum absolute atomic E-state index is 0.0185. The molecule has 1 aliphatic heterocycles. The standard InChI is InChI=1S/C16H13FN2O3/c17-11-3-1-9(2-4-11)5-10-6-18-7-12(10)14(20)13-8-19-16(22)15(13)21/h1-4,6-7,18,20H,5,8H2,(H,19,22). The van der Waals surface area contributed by atoms with Crippen LogP contribution in [-0.2, 0) is 16.0 Å². The van der Waals surface area contributed by atoms with Crippen LogP contribution >= 0.6 is 0 Å². The van der Waals surface area contributed by atoms with E-state index in [4.69, 9.17) is 0 Å². The minimum atomic E-state index is -0.716. The lowest BCUT2D eigenvalue weighted by Crippen LogP contribution is -2.18. The van der Waals surface area contributed by atoms with Gasteiger partial charge >= 0.3 is 0 Å². The van der Waals surface area contributed by atoms with E-state index in [0.29, 0.717) is 12.0 Å². The van der Waals surface area contributed by atoms with Crippen molar-refractivity contribution in [2.45, 2.75) is 6.42 Å². The number of ketones is 1. The SMILES string of the molecule is O=C1NCC(=C(O)c2c[nH]cc2Cc2ccc(F)cc2)C1=O. The highest BCUT2D eigenvalue weighted by Gasteiger charge is 2.30. The van der Waals surface area contributed by atoms with Crippen molar-refractivity contribution in [3.8, 4) is 0 Å². The van der Waals surface area contributed by atoms with Gasteiger partial charge in [-0.2, -0.15) is 0 Å². The molecule has 0 aliphatic carbocycles. The summed E-state index contributed by atoms with van der Waals surface area (Å²) in [6.07, 6.45) is 3.73. The van der Waals surface area contributed by atoms with Crippen molar-refractivity contribution in [1.29, 1.82) is 0 Å². The van der Waals surface area contributed by atoms with Gasteiger partial charge in [-0.1, -0.05) is 12.1 Å². The fourth-order valence-corrected chi connectivity index (χ4v) is 2.40. The summed E-state index contributed by atoms with van der Waals surface area (Å²) in [5.74, 6) is -1.95. The first kappa shape index (κ1) is 14.1. The van der Waals surface area contributed by atoms with Gasteiger partial charge in [0.15, 0.2) is 0 Å². The maximum Gasteiger partial charge on any atom is 0.292 e. The van der Waals surface area contributed by atoms with Crippen molar-refractivity contribution in [1.82, 2.24) is 10.3 Å². The molecule has 2 heterocycles. The number of rotatable bonds is 3. The Bertz CT molecular complexity index is 775. The van der Waals surface area contributed by atoms with Crippen molar-refractivity contribution >= 4 is 17.4 Å². The summed E-state index contributed by atoms with van der Waals surface area (Å²) < 4.78 is 12.9. The highest BCUT2D eigenvalue weighted by atomic mass is 19.1. The van der Waals surface area contributed by atoms with Gasteiger partial charge in [0, 0.05) is 18.0 Å². The number of nitrogens with one attached hydrogen (secondary N) is 2. The smallest absolute Gasteiger partial charge is 0.292 e. The highest BCUT2D eigenvalue weighted by molar-refractivity contribution is 6.46. The van der Waals surface area contributed by atoms with Gasteiger partial charge < -0.3 is 15.4 Å². The zero-order chi connectivity index (χ0) is 15.7. The first-order valence-electron chi connectivity index (χ1n) is 6.71. The zero-order valence-corrected chi connectivity index (χ0v) is 11.5. The Kier molecular flexibility index (Phi) is 3.50. The quantitative estimate of drug-likeness (QED) is 0.458. The van der Waals surface area contributed by atoms with Crippen LogP contribution in [0.5, 0.6) is 0 Å². The lowest BCUT2D eigenvalue weighted by atomic mass is 10.0. The number of hydrogen-bond donors (Lipinski definition) is 3. The summed E-state index contributed by atoms with van der Waals surface area (Å²) in [4.78, 5) is 25.8. The predicted molar refractivity (Wildman–Crippen MR) is 77.6 cm³/mol. The Morgan fingerprint density at radius 2 is 1.91 bits per heavy atom. The van der Waals surface area contributed by atoms with Crippen LogP contribution in [0, 0.1) is 5.82 Å². The van der Waals surface area contributed by atoms with E-state index in [1.807, 2.05) is 0 Å². The molecule has 22 heavy (non-hydrogen) atoms. The fourth-order valence-electron chi connectivity index (χ4n) is 2.40. The maximum atomic E-state index is 12.9. The number of carbonyl (C=O) groups excluding carboxylic acids is 2. The molecule has 112 valence electrons. The zero-order valence-electron chi connectivity index (χ0n) is 11.5. The molecular weight excluding hydrogens is 287 g/mol. The van der Waals surface area contributed by atoms with E-state index in [0.717, 1.165) is 11.1 Å². The number of carbonyl (C=O) groups is 2. The van der Waals surface area contributed by atoms with Crippen LogP contribution in [0.3, 0.4) is 0 Å². The number of aliphatic hydroxyl groups excluding tert-OH is 1. The van der Waals surface area contributed by atoms with Crippen LogP contribution < -0.4 is 5.32 Å². The van der Waals surface area contributed by atoms with Crippen LogP contribution in [0.4, 0.5) is 4.39 Å². The lowest BCUT2D eigenvalue weighted by Gasteiger charge is -2.05. The molecule has 1 aromatic carbocycles. The Labute approximate surface area is 125 Å². The van der Waals surface area contributed by atoms with Gasteiger partial charge in [-0.25, -0.2) is 4.39 Å². The van der Waals surface area contributed by atoms with E-state index in [1.165, 1.54) is 12.1 Å². The molecule has 0 atom stereocenters. The third kappa shape index (κ3) is 2.50. The number of aromatic nitrogens is 1. The minimum Gasteiger partial charge on any atom is -0.507 e. The van der Waals surface area contributed by atoms with Crippen LogP contribution in [0.25, 0.3) is 5.76 Å². The predicted octanol–water partition coefficient (Wildman–Crippen LogP) is 1.71. The van der Waals surface area contributed by atoms with Crippen molar-refractivity contribution in [3.05, 3.63) is 64.7 Å². The molecule has 2 aromatic rings. The molecule has 0 saturated carbocycles. The summed E-state index contributed by atoms with van der Waals surface area (Å²) in [6, 6.07) is 6.04. The van der Waals surface area contributed by atoms with E-state index >= 15 is 0 Å². The number of aromatic amines is 1. The number of aliphatic hydroxyl groups is 1. The topological polar surface area (TPSA) is 82.2 Å². The Morgan fingerprint density at radius 3 is 2.55 bits per heavy atom. The fraction of sp³-hybridized carbons (Fsp3) is 0.125. The molecule has 0 spiro atoms. The first-order valence-corrected chi connectivity index (χ1v) is 6.71. The number of benzene rings is 1. The number of H-pyrrole nitrogens is 1. The van der Waals surface area contributed by atoms with Crippen molar-refractivity contribution in [3.63, 3.8) is 0 Å². The largest absolute Gasteiger partial charge is 0.507 e. The second-order valence-corrected chi connectivity index (χ2v) is 5.04. The van der Waals surface area contributed by atoms with Gasteiger partial charge in [0.25, 0.3) is 11.7 Å². The molecule has 1 saturated heterocycles. The monoisotopic (exact) mass is 300 g/mol. The summed E-state index contributed by atoms with van der Waals surface area (Å²) in [6.45, 7) is 0.0185. The molecule has 1 aromatic heterocycles. The van der Waals surface area contributed by atoms with Gasteiger partial charge in [-0.3, -0.25) is 9.59 Å². The molecular formula is C16H13FN2O3. The van der Waals surface area contributed by atoms with E-state index < -0.39 is 11.7 Å². The second-order valence-electron chi connectivity index (χ2n) is 5.04. The molecule has 1 aliphatic rings. The van der Waals surface area contributed by atoms with Gasteiger partial charge in [-0.15, -0.1) is 0 Å².